The number of nitrogens with zero attached hydrogens (tertiary/aromatic N) is 1. The molecule has 0 spiro atoms. The fraction of sp³-hybridized carbons (Fsp3) is 0.391. The van der Waals surface area contributed by atoms with Crippen molar-refractivity contribution in [3.63, 3.8) is 0 Å². The van der Waals surface area contributed by atoms with Crippen LogP contribution in [0.15, 0.2) is 24.3 Å². The molecule has 1 aliphatic heterocycles. The summed E-state index contributed by atoms with van der Waals surface area (Å²) in [6.07, 6.45) is 5.33. The number of rotatable bonds is 5. The van der Waals surface area contributed by atoms with Crippen LogP contribution in [0.25, 0.3) is 0 Å². The number of fused-ring (bicyclic) bond motifs is 1. The molecule has 0 bridgehead atoms. The van der Waals surface area contributed by atoms with Crippen molar-refractivity contribution in [2.45, 2.75) is 51.9 Å². The standard InChI is InChI=1S/C23H24N2O5S/c1-2-30-23(29)20-16-6-4-3-5-7-17(16)31-22(20)24-21(28)14-8-10-15(11-9-14)25-18(26)12-13-19(25)27/h8-11H,2-7,12-13H2,1H3,(H,24,28). The maximum absolute atomic E-state index is 12.9. The summed E-state index contributed by atoms with van der Waals surface area (Å²) in [5.41, 5.74) is 2.31. The lowest BCUT2D eigenvalue weighted by Gasteiger charge is -2.14. The molecule has 1 saturated heterocycles. The van der Waals surface area contributed by atoms with Crippen LogP contribution < -0.4 is 10.2 Å². The molecule has 1 aromatic heterocycles. The second kappa shape index (κ2) is 9.01. The maximum Gasteiger partial charge on any atom is 0.341 e. The molecule has 1 fully saturated rings. The number of nitrogens with one attached hydrogen (secondary N) is 1. The van der Waals surface area contributed by atoms with Gasteiger partial charge in [0.25, 0.3) is 5.91 Å². The van der Waals surface area contributed by atoms with Gasteiger partial charge in [-0.2, -0.15) is 0 Å². The highest BCUT2D eigenvalue weighted by atomic mass is 32.1. The van der Waals surface area contributed by atoms with Crippen molar-refractivity contribution in [1.82, 2.24) is 0 Å². The molecule has 4 rings (SSSR count). The fourth-order valence-electron chi connectivity index (χ4n) is 4.05. The smallest absolute Gasteiger partial charge is 0.341 e. The van der Waals surface area contributed by atoms with Gasteiger partial charge in [0.15, 0.2) is 0 Å². The second-order valence-electron chi connectivity index (χ2n) is 7.61. The average molecular weight is 441 g/mol. The van der Waals surface area contributed by atoms with Gasteiger partial charge >= 0.3 is 5.97 Å². The van der Waals surface area contributed by atoms with E-state index in [0.29, 0.717) is 21.8 Å². The number of aryl methyl sites for hydroxylation is 1. The van der Waals surface area contributed by atoms with E-state index in [0.717, 1.165) is 47.4 Å². The van der Waals surface area contributed by atoms with Gasteiger partial charge in [-0.1, -0.05) is 6.42 Å². The molecule has 0 unspecified atom stereocenters. The molecule has 7 nitrogen and oxygen atoms in total. The van der Waals surface area contributed by atoms with E-state index in [1.54, 1.807) is 31.2 Å². The van der Waals surface area contributed by atoms with E-state index in [9.17, 15) is 19.2 Å². The third-order valence-corrected chi connectivity index (χ3v) is 6.77. The van der Waals surface area contributed by atoms with Gasteiger partial charge in [-0.25, -0.2) is 4.79 Å². The first-order valence-corrected chi connectivity index (χ1v) is 11.4. The Bertz CT molecular complexity index is 1020. The molecule has 2 aliphatic rings. The first-order valence-electron chi connectivity index (χ1n) is 10.6. The zero-order valence-corrected chi connectivity index (χ0v) is 18.2. The van der Waals surface area contributed by atoms with Crippen molar-refractivity contribution in [3.8, 4) is 0 Å². The predicted octanol–water partition coefficient (Wildman–Crippen LogP) is 4.10. The number of carbonyl (C=O) groups is 4. The first kappa shape index (κ1) is 21.2. The number of anilines is 2. The molecule has 1 aromatic carbocycles. The molecule has 0 radical (unpaired) electrons. The zero-order valence-electron chi connectivity index (χ0n) is 17.4. The minimum Gasteiger partial charge on any atom is -0.462 e. The first-order chi connectivity index (χ1) is 15.0. The summed E-state index contributed by atoms with van der Waals surface area (Å²) in [4.78, 5) is 51.6. The third kappa shape index (κ3) is 4.25. The Morgan fingerprint density at radius 2 is 1.68 bits per heavy atom. The van der Waals surface area contributed by atoms with Crippen molar-refractivity contribution in [1.29, 1.82) is 0 Å². The van der Waals surface area contributed by atoms with E-state index in [1.165, 1.54) is 11.3 Å². The number of hydrogen-bond donors (Lipinski definition) is 1. The molecule has 31 heavy (non-hydrogen) atoms. The van der Waals surface area contributed by atoms with Gasteiger partial charge in [0.05, 0.1) is 17.9 Å². The van der Waals surface area contributed by atoms with E-state index in [4.69, 9.17) is 4.74 Å². The molecular weight excluding hydrogens is 416 g/mol. The van der Waals surface area contributed by atoms with E-state index >= 15 is 0 Å². The second-order valence-corrected chi connectivity index (χ2v) is 8.72. The highest BCUT2D eigenvalue weighted by Crippen LogP contribution is 2.38. The highest BCUT2D eigenvalue weighted by molar-refractivity contribution is 7.17. The Balaban J connectivity index is 1.57. The van der Waals surface area contributed by atoms with Crippen molar-refractivity contribution in [2.24, 2.45) is 0 Å². The van der Waals surface area contributed by atoms with Gasteiger partial charge < -0.3 is 10.1 Å². The number of amides is 3. The van der Waals surface area contributed by atoms with Crippen LogP contribution in [0.2, 0.25) is 0 Å². The van der Waals surface area contributed by atoms with Crippen molar-refractivity contribution in [2.75, 3.05) is 16.8 Å². The van der Waals surface area contributed by atoms with Gasteiger partial charge in [0, 0.05) is 23.3 Å². The van der Waals surface area contributed by atoms with Crippen LogP contribution in [-0.4, -0.2) is 30.3 Å². The molecule has 0 atom stereocenters. The number of imide groups is 1. The summed E-state index contributed by atoms with van der Waals surface area (Å²) in [5, 5.41) is 3.40. The van der Waals surface area contributed by atoms with E-state index in [-0.39, 0.29) is 37.2 Å². The lowest BCUT2D eigenvalue weighted by Crippen LogP contribution is -2.28. The van der Waals surface area contributed by atoms with Gasteiger partial charge in [-0.3, -0.25) is 19.3 Å². The summed E-state index contributed by atoms with van der Waals surface area (Å²) in [7, 11) is 0. The average Bonchev–Trinajstić information content (AvgIpc) is 3.17. The van der Waals surface area contributed by atoms with E-state index in [1.807, 2.05) is 0 Å². The van der Waals surface area contributed by atoms with Crippen LogP contribution in [0.5, 0.6) is 0 Å². The summed E-state index contributed by atoms with van der Waals surface area (Å²) in [6.45, 7) is 2.03. The molecule has 0 saturated carbocycles. The minimum atomic E-state index is -0.404. The van der Waals surface area contributed by atoms with E-state index < -0.39 is 5.97 Å². The van der Waals surface area contributed by atoms with Crippen LogP contribution >= 0.6 is 11.3 Å². The molecule has 8 heteroatoms. The van der Waals surface area contributed by atoms with Crippen molar-refractivity contribution in [3.05, 3.63) is 45.8 Å². The van der Waals surface area contributed by atoms with Crippen LogP contribution in [0, 0.1) is 0 Å². The number of ether oxygens (including phenoxy) is 1. The minimum absolute atomic E-state index is 0.209. The van der Waals surface area contributed by atoms with Crippen LogP contribution in [-0.2, 0) is 27.2 Å². The molecule has 1 aliphatic carbocycles. The lowest BCUT2D eigenvalue weighted by atomic mass is 10.1. The Labute approximate surface area is 184 Å². The molecule has 2 aromatic rings. The predicted molar refractivity (Wildman–Crippen MR) is 118 cm³/mol. The van der Waals surface area contributed by atoms with Crippen LogP contribution in [0.3, 0.4) is 0 Å². The number of benzene rings is 1. The number of esters is 1. The summed E-state index contributed by atoms with van der Waals surface area (Å²) >= 11 is 1.45. The Hall–Kier alpha value is -3.00. The van der Waals surface area contributed by atoms with Gasteiger partial charge in [0.2, 0.25) is 11.8 Å². The Morgan fingerprint density at radius 1 is 1.00 bits per heavy atom. The van der Waals surface area contributed by atoms with Gasteiger partial charge in [0.1, 0.15) is 5.00 Å². The molecule has 2 heterocycles. The van der Waals surface area contributed by atoms with Gasteiger partial charge in [-0.15, -0.1) is 11.3 Å². The van der Waals surface area contributed by atoms with Crippen molar-refractivity contribution < 1.29 is 23.9 Å². The van der Waals surface area contributed by atoms with Crippen LogP contribution in [0.4, 0.5) is 10.7 Å². The maximum atomic E-state index is 12.9. The van der Waals surface area contributed by atoms with Gasteiger partial charge in [-0.05, 0) is 62.4 Å². The largest absolute Gasteiger partial charge is 0.462 e. The lowest BCUT2D eigenvalue weighted by molar-refractivity contribution is -0.121. The number of thiophene rings is 1. The third-order valence-electron chi connectivity index (χ3n) is 5.57. The quantitative estimate of drug-likeness (QED) is 0.429. The number of carbonyl (C=O) groups excluding carboxylic acids is 4. The van der Waals surface area contributed by atoms with Crippen LogP contribution in [0.1, 0.15) is 70.2 Å². The fourth-order valence-corrected chi connectivity index (χ4v) is 5.32. The monoisotopic (exact) mass is 440 g/mol. The van der Waals surface area contributed by atoms with Crippen molar-refractivity contribution >= 4 is 45.7 Å². The summed E-state index contributed by atoms with van der Waals surface area (Å²) in [5.74, 6) is -1.23. The summed E-state index contributed by atoms with van der Waals surface area (Å²) < 4.78 is 5.26. The highest BCUT2D eigenvalue weighted by Gasteiger charge is 2.30. The normalized spacial score (nSPS) is 16.1. The molecule has 1 N–H and O–H groups in total. The summed E-state index contributed by atoms with van der Waals surface area (Å²) in [6, 6.07) is 6.33. The molecule has 162 valence electrons. The molecule has 3 amide bonds. The Kier molecular flexibility index (Phi) is 6.18. The molecular formula is C23H24N2O5S. The zero-order chi connectivity index (χ0) is 22.0. The SMILES string of the molecule is CCOC(=O)c1c(NC(=O)c2ccc(N3C(=O)CCC3=O)cc2)sc2c1CCCCC2. The van der Waals surface area contributed by atoms with E-state index in [2.05, 4.69) is 5.32 Å². The number of hydrogen-bond acceptors (Lipinski definition) is 6. The topological polar surface area (TPSA) is 92.8 Å². The Morgan fingerprint density at radius 3 is 2.35 bits per heavy atom.